The largest absolute Gasteiger partial charge is 0.469 e. The highest BCUT2D eigenvalue weighted by molar-refractivity contribution is 5.99. The number of hydrogen-bond acceptors (Lipinski definition) is 5. The van der Waals surface area contributed by atoms with Gasteiger partial charge in [0.2, 0.25) is 5.91 Å². The first-order chi connectivity index (χ1) is 13.9. The summed E-state index contributed by atoms with van der Waals surface area (Å²) in [5, 5.41) is 0. The van der Waals surface area contributed by atoms with E-state index < -0.39 is 23.0 Å². The summed E-state index contributed by atoms with van der Waals surface area (Å²) in [6, 6.07) is 6.53. The summed E-state index contributed by atoms with van der Waals surface area (Å²) in [6.45, 7) is 6.16. The number of amides is 2. The molecule has 7 nitrogen and oxygen atoms in total. The summed E-state index contributed by atoms with van der Waals surface area (Å²) in [5.41, 5.74) is 4.25. The van der Waals surface area contributed by atoms with Crippen LogP contribution in [0.1, 0.15) is 54.5 Å². The molecular formula is C22H26N2O5. The fourth-order valence-electron chi connectivity index (χ4n) is 3.81. The summed E-state index contributed by atoms with van der Waals surface area (Å²) in [5.74, 6) is -0.193. The van der Waals surface area contributed by atoms with Crippen molar-refractivity contribution in [2.45, 2.75) is 51.0 Å². The number of furan rings is 1. The molecule has 2 N–H and O–H groups in total. The average molecular weight is 398 g/mol. The lowest BCUT2D eigenvalue weighted by molar-refractivity contribution is -0.127. The Bertz CT molecular complexity index is 960. The molecule has 29 heavy (non-hydrogen) atoms. The van der Waals surface area contributed by atoms with Crippen molar-refractivity contribution in [2.75, 3.05) is 6.54 Å². The van der Waals surface area contributed by atoms with E-state index in [1.807, 2.05) is 0 Å². The maximum Gasteiger partial charge on any atom is 0.348 e. The van der Waals surface area contributed by atoms with Gasteiger partial charge in [-0.1, -0.05) is 31.9 Å². The van der Waals surface area contributed by atoms with E-state index in [9.17, 15) is 14.4 Å². The molecular weight excluding hydrogens is 372 g/mol. The first kappa shape index (κ1) is 20.6. The topological polar surface area (TPSA) is 107 Å². The lowest BCUT2D eigenvalue weighted by Gasteiger charge is -2.34. The number of rotatable bonds is 8. The Morgan fingerprint density at radius 2 is 2.03 bits per heavy atom. The van der Waals surface area contributed by atoms with Crippen LogP contribution in [-0.4, -0.2) is 28.8 Å². The molecule has 0 bridgehead atoms. The smallest absolute Gasteiger partial charge is 0.348 e. The Morgan fingerprint density at radius 3 is 2.66 bits per heavy atom. The number of nitrogens with zero attached hydrogens (tertiary/aromatic N) is 1. The monoisotopic (exact) mass is 398 g/mol. The number of likely N-dealkylation sites (tertiary alicyclic amines) is 1. The minimum absolute atomic E-state index is 0.112. The number of hydrogen-bond donors (Lipinski definition) is 1. The quantitative estimate of drug-likeness (QED) is 0.543. The minimum atomic E-state index is -1.34. The molecule has 0 radical (unpaired) electrons. The zero-order valence-electron chi connectivity index (χ0n) is 16.6. The molecule has 2 aromatic rings. The van der Waals surface area contributed by atoms with E-state index in [4.69, 9.17) is 14.6 Å². The van der Waals surface area contributed by atoms with Crippen molar-refractivity contribution < 1.29 is 18.4 Å². The van der Waals surface area contributed by atoms with Crippen LogP contribution >= 0.6 is 0 Å². The van der Waals surface area contributed by atoms with Crippen LogP contribution in [0.15, 0.2) is 56.3 Å². The van der Waals surface area contributed by atoms with Gasteiger partial charge in [0.15, 0.2) is 0 Å². The molecule has 3 heterocycles. The van der Waals surface area contributed by atoms with E-state index in [2.05, 4.69) is 13.5 Å². The Kier molecular flexibility index (Phi) is 6.06. The van der Waals surface area contributed by atoms with Crippen molar-refractivity contribution in [3.63, 3.8) is 0 Å². The van der Waals surface area contributed by atoms with E-state index in [0.717, 1.165) is 19.3 Å². The normalized spacial score (nSPS) is 18.9. The van der Waals surface area contributed by atoms with Gasteiger partial charge in [-0.15, -0.1) is 0 Å². The fraction of sp³-hybridized carbons (Fsp3) is 0.409. The van der Waals surface area contributed by atoms with Crippen LogP contribution in [0.5, 0.6) is 0 Å². The van der Waals surface area contributed by atoms with Gasteiger partial charge in [-0.2, -0.15) is 0 Å². The number of carbonyl (C=O) groups excluding carboxylic acids is 2. The summed E-state index contributed by atoms with van der Waals surface area (Å²) < 4.78 is 10.7. The van der Waals surface area contributed by atoms with Crippen LogP contribution in [0.25, 0.3) is 0 Å². The first-order valence-corrected chi connectivity index (χ1v) is 9.81. The van der Waals surface area contributed by atoms with E-state index >= 15 is 0 Å². The Labute approximate surface area is 169 Å². The molecule has 0 saturated carbocycles. The first-order valence-electron chi connectivity index (χ1n) is 9.81. The molecule has 1 saturated heterocycles. The number of carbonyl (C=O) groups is 2. The molecule has 154 valence electrons. The molecule has 1 atom stereocenters. The van der Waals surface area contributed by atoms with E-state index in [-0.39, 0.29) is 24.9 Å². The summed E-state index contributed by atoms with van der Waals surface area (Å²) in [4.78, 5) is 39.5. The van der Waals surface area contributed by atoms with Gasteiger partial charge < -0.3 is 19.5 Å². The second-order valence-electron chi connectivity index (χ2n) is 7.53. The molecule has 2 amide bonds. The molecule has 2 aromatic heterocycles. The predicted octanol–water partition coefficient (Wildman–Crippen LogP) is 2.83. The van der Waals surface area contributed by atoms with E-state index in [1.54, 1.807) is 18.2 Å². The number of aryl methyl sites for hydroxylation is 1. The van der Waals surface area contributed by atoms with Crippen molar-refractivity contribution >= 4 is 11.8 Å². The van der Waals surface area contributed by atoms with Crippen molar-refractivity contribution in [3.8, 4) is 0 Å². The van der Waals surface area contributed by atoms with Gasteiger partial charge in [0.05, 0.1) is 6.26 Å². The van der Waals surface area contributed by atoms with Crippen LogP contribution in [0, 0.1) is 0 Å². The van der Waals surface area contributed by atoms with Gasteiger partial charge in [0.25, 0.3) is 5.91 Å². The van der Waals surface area contributed by atoms with Gasteiger partial charge in [0.1, 0.15) is 22.6 Å². The number of unbranched alkanes of at least 4 members (excludes halogenated alkanes) is 2. The van der Waals surface area contributed by atoms with Gasteiger partial charge >= 0.3 is 5.63 Å². The van der Waals surface area contributed by atoms with Crippen LogP contribution in [0.2, 0.25) is 0 Å². The van der Waals surface area contributed by atoms with Gasteiger partial charge in [-0.3, -0.25) is 9.59 Å². The molecule has 0 aliphatic carbocycles. The van der Waals surface area contributed by atoms with Crippen LogP contribution in [0.4, 0.5) is 0 Å². The second-order valence-corrected chi connectivity index (χ2v) is 7.53. The second kappa shape index (κ2) is 8.51. The third kappa shape index (κ3) is 4.18. The third-order valence-corrected chi connectivity index (χ3v) is 5.33. The van der Waals surface area contributed by atoms with Crippen molar-refractivity contribution in [3.05, 3.63) is 70.2 Å². The van der Waals surface area contributed by atoms with E-state index in [1.165, 1.54) is 17.2 Å². The summed E-state index contributed by atoms with van der Waals surface area (Å²) >= 11 is 0. The van der Waals surface area contributed by atoms with Gasteiger partial charge in [-0.25, -0.2) is 4.79 Å². The van der Waals surface area contributed by atoms with E-state index in [0.29, 0.717) is 23.5 Å². The van der Waals surface area contributed by atoms with Crippen LogP contribution < -0.4 is 11.4 Å². The maximum atomic E-state index is 13.2. The molecule has 3 rings (SSSR count). The zero-order valence-corrected chi connectivity index (χ0v) is 16.6. The fourth-order valence-corrected chi connectivity index (χ4v) is 3.81. The van der Waals surface area contributed by atoms with Crippen LogP contribution in [0.3, 0.4) is 0 Å². The predicted molar refractivity (Wildman–Crippen MR) is 107 cm³/mol. The summed E-state index contributed by atoms with van der Waals surface area (Å²) in [7, 11) is 0. The van der Waals surface area contributed by atoms with Crippen molar-refractivity contribution in [1.82, 2.24) is 4.90 Å². The van der Waals surface area contributed by atoms with Gasteiger partial charge in [0, 0.05) is 25.8 Å². The minimum Gasteiger partial charge on any atom is -0.469 e. The molecule has 1 fully saturated rings. The molecule has 7 heteroatoms. The van der Waals surface area contributed by atoms with Crippen molar-refractivity contribution in [1.29, 1.82) is 0 Å². The lowest BCUT2D eigenvalue weighted by atomic mass is 9.88. The highest BCUT2D eigenvalue weighted by Crippen LogP contribution is 2.36. The number of primary amides is 1. The SMILES string of the molecule is C=C1CN(C(=O)c2ccc(CCCCC)oc2=O)C(Cc2ccco2)(C(N)=O)C1. The zero-order chi connectivity index (χ0) is 21.0. The highest BCUT2D eigenvalue weighted by atomic mass is 16.4. The van der Waals surface area contributed by atoms with Crippen LogP contribution in [-0.2, 0) is 17.6 Å². The highest BCUT2D eigenvalue weighted by Gasteiger charge is 2.51. The maximum absolute atomic E-state index is 13.2. The molecule has 1 aliphatic rings. The third-order valence-electron chi connectivity index (χ3n) is 5.33. The van der Waals surface area contributed by atoms with Crippen molar-refractivity contribution in [2.24, 2.45) is 5.73 Å². The Balaban J connectivity index is 1.90. The van der Waals surface area contributed by atoms with Gasteiger partial charge in [-0.05, 0) is 30.7 Å². The Hall–Kier alpha value is -3.09. The molecule has 1 aliphatic heterocycles. The standard InChI is InChI=1S/C22H26N2O5/c1-3-4-5-7-16-9-10-18(20(26)29-16)19(25)24-14-15(2)12-22(24,21(23)27)13-17-8-6-11-28-17/h6,8-11H,2-5,7,12-14H2,1H3,(H2,23,27). The molecule has 0 aromatic carbocycles. The average Bonchev–Trinajstić information content (AvgIpc) is 3.30. The summed E-state index contributed by atoms with van der Waals surface area (Å²) in [6.07, 6.45) is 5.47. The molecule has 0 spiro atoms. The molecule has 1 unspecified atom stereocenters. The lowest BCUT2D eigenvalue weighted by Crippen LogP contribution is -2.57. The Morgan fingerprint density at radius 1 is 1.24 bits per heavy atom. The number of nitrogens with two attached hydrogens (primary N) is 1.